The molecule has 174 valence electrons. The Kier molecular flexibility index (Phi) is 8.73. The van der Waals surface area contributed by atoms with Gasteiger partial charge in [-0.15, -0.1) is 0 Å². The summed E-state index contributed by atoms with van der Waals surface area (Å²) in [6.45, 7) is 10.9. The number of hydrogen-bond donors (Lipinski definition) is 1. The van der Waals surface area contributed by atoms with Gasteiger partial charge in [0, 0.05) is 44.5 Å². The Morgan fingerprint density at radius 2 is 1.75 bits per heavy atom. The van der Waals surface area contributed by atoms with Crippen LogP contribution in [-0.2, 0) is 11.3 Å². The van der Waals surface area contributed by atoms with Gasteiger partial charge in [0.25, 0.3) is 5.91 Å². The molecule has 2 aromatic carbocycles. The lowest BCUT2D eigenvalue weighted by molar-refractivity contribution is -0.135. The highest BCUT2D eigenvalue weighted by molar-refractivity contribution is 6.34. The molecule has 0 saturated heterocycles. The van der Waals surface area contributed by atoms with Gasteiger partial charge in [0.1, 0.15) is 0 Å². The lowest BCUT2D eigenvalue weighted by atomic mass is 9.91. The molecule has 1 atom stereocenters. The molecule has 0 aliphatic carbocycles. The summed E-state index contributed by atoms with van der Waals surface area (Å²) in [4.78, 5) is 29.9. The van der Waals surface area contributed by atoms with E-state index in [0.29, 0.717) is 29.2 Å². The van der Waals surface area contributed by atoms with Crippen LogP contribution in [0.4, 0.5) is 11.4 Å². The average Bonchev–Trinajstić information content (AvgIpc) is 2.70. The van der Waals surface area contributed by atoms with Crippen molar-refractivity contribution in [1.82, 2.24) is 4.90 Å². The molecule has 0 aliphatic heterocycles. The van der Waals surface area contributed by atoms with Gasteiger partial charge < -0.3 is 15.1 Å². The molecule has 0 saturated carbocycles. The van der Waals surface area contributed by atoms with Crippen molar-refractivity contribution in [3.8, 4) is 0 Å². The molecule has 0 bridgehead atoms. The topological polar surface area (TPSA) is 52.7 Å². The fraction of sp³-hybridized carbons (Fsp3) is 0.462. The summed E-state index contributed by atoms with van der Waals surface area (Å²) in [5.74, 6) is -0.121. The second kappa shape index (κ2) is 10.9. The standard InChI is InChI=1S/C26H36ClN3O2/c1-8-18(2)30(24(31)16-26(3,4)5)17-19-15-20(13-14-23(19)29(6)7)28-25(32)21-11-9-10-12-22(21)27/h9-15,18H,8,16-17H2,1-7H3,(H,28,32). The number of benzene rings is 2. The van der Waals surface area contributed by atoms with E-state index >= 15 is 0 Å². The van der Waals surface area contributed by atoms with E-state index in [0.717, 1.165) is 17.7 Å². The van der Waals surface area contributed by atoms with Crippen LogP contribution in [0.1, 0.15) is 63.4 Å². The van der Waals surface area contributed by atoms with E-state index in [1.807, 2.05) is 42.1 Å². The number of halogens is 1. The Morgan fingerprint density at radius 1 is 1.09 bits per heavy atom. The zero-order valence-electron chi connectivity index (χ0n) is 20.3. The van der Waals surface area contributed by atoms with E-state index in [4.69, 9.17) is 11.6 Å². The predicted octanol–water partition coefficient (Wildman–Crippen LogP) is 6.22. The van der Waals surface area contributed by atoms with Gasteiger partial charge in [0.2, 0.25) is 5.91 Å². The van der Waals surface area contributed by atoms with E-state index in [1.165, 1.54) is 0 Å². The van der Waals surface area contributed by atoms with Crippen molar-refractivity contribution in [2.24, 2.45) is 5.41 Å². The lowest BCUT2D eigenvalue weighted by Gasteiger charge is -2.33. The molecule has 0 aromatic heterocycles. The van der Waals surface area contributed by atoms with E-state index in [-0.39, 0.29) is 23.3 Å². The molecule has 2 amide bonds. The SMILES string of the molecule is CCC(C)N(Cc1cc(NC(=O)c2ccccc2Cl)ccc1N(C)C)C(=O)CC(C)(C)C. The summed E-state index contributed by atoms with van der Waals surface area (Å²) < 4.78 is 0. The van der Waals surface area contributed by atoms with E-state index in [2.05, 4.69) is 39.9 Å². The third kappa shape index (κ3) is 6.99. The zero-order chi connectivity index (χ0) is 24.1. The van der Waals surface area contributed by atoms with Crippen LogP contribution in [-0.4, -0.2) is 36.9 Å². The van der Waals surface area contributed by atoms with Gasteiger partial charge in [-0.25, -0.2) is 0 Å². The summed E-state index contributed by atoms with van der Waals surface area (Å²) in [6.07, 6.45) is 1.35. The van der Waals surface area contributed by atoms with Gasteiger partial charge in [0.15, 0.2) is 0 Å². The van der Waals surface area contributed by atoms with Gasteiger partial charge >= 0.3 is 0 Å². The van der Waals surface area contributed by atoms with Crippen LogP contribution in [0.5, 0.6) is 0 Å². The summed E-state index contributed by atoms with van der Waals surface area (Å²) in [5, 5.41) is 3.35. The third-order valence-electron chi connectivity index (χ3n) is 5.40. The molecule has 2 rings (SSSR count). The summed E-state index contributed by atoms with van der Waals surface area (Å²) in [5.41, 5.74) is 3.00. The molecule has 0 radical (unpaired) electrons. The van der Waals surface area contributed by atoms with Crippen molar-refractivity contribution in [3.05, 3.63) is 58.6 Å². The van der Waals surface area contributed by atoms with Crippen LogP contribution in [0.15, 0.2) is 42.5 Å². The average molecular weight is 458 g/mol. The fourth-order valence-electron chi connectivity index (χ4n) is 3.52. The van der Waals surface area contributed by atoms with Crippen LogP contribution in [0.25, 0.3) is 0 Å². The molecule has 0 aliphatic rings. The predicted molar refractivity (Wildman–Crippen MR) is 135 cm³/mol. The minimum Gasteiger partial charge on any atom is -0.377 e. The Bertz CT molecular complexity index is 950. The Balaban J connectivity index is 2.36. The molecule has 6 heteroatoms. The molecule has 1 unspecified atom stereocenters. The van der Waals surface area contributed by atoms with Gasteiger partial charge in [-0.1, -0.05) is 51.4 Å². The number of nitrogens with zero attached hydrogens (tertiary/aromatic N) is 2. The van der Waals surface area contributed by atoms with E-state index in [1.54, 1.807) is 24.3 Å². The lowest BCUT2D eigenvalue weighted by Crippen LogP contribution is -2.39. The molecule has 0 fully saturated rings. The molecular weight excluding hydrogens is 422 g/mol. The first-order valence-corrected chi connectivity index (χ1v) is 11.5. The molecule has 1 N–H and O–H groups in total. The maximum Gasteiger partial charge on any atom is 0.257 e. The minimum atomic E-state index is -0.262. The van der Waals surface area contributed by atoms with Gasteiger partial charge in [-0.2, -0.15) is 0 Å². The van der Waals surface area contributed by atoms with Gasteiger partial charge in [0.05, 0.1) is 10.6 Å². The smallest absolute Gasteiger partial charge is 0.257 e. The number of nitrogens with one attached hydrogen (secondary N) is 1. The van der Waals surface area contributed by atoms with Crippen molar-refractivity contribution in [2.75, 3.05) is 24.3 Å². The summed E-state index contributed by atoms with van der Waals surface area (Å²) in [7, 11) is 3.96. The molecule has 32 heavy (non-hydrogen) atoms. The maximum atomic E-state index is 13.2. The summed E-state index contributed by atoms with van der Waals surface area (Å²) >= 11 is 6.18. The number of carbonyl (C=O) groups excluding carboxylic acids is 2. The van der Waals surface area contributed by atoms with Crippen molar-refractivity contribution >= 4 is 34.8 Å². The minimum absolute atomic E-state index is 0.0854. The van der Waals surface area contributed by atoms with Crippen LogP contribution in [0, 0.1) is 5.41 Å². The molecule has 5 nitrogen and oxygen atoms in total. The van der Waals surface area contributed by atoms with Crippen molar-refractivity contribution < 1.29 is 9.59 Å². The largest absolute Gasteiger partial charge is 0.377 e. The Labute approximate surface area is 197 Å². The Morgan fingerprint density at radius 3 is 2.31 bits per heavy atom. The first-order valence-electron chi connectivity index (χ1n) is 11.1. The zero-order valence-corrected chi connectivity index (χ0v) is 21.1. The first-order chi connectivity index (χ1) is 14.9. The third-order valence-corrected chi connectivity index (χ3v) is 5.73. The second-order valence-corrected chi connectivity index (χ2v) is 10.1. The molecule has 0 heterocycles. The summed E-state index contributed by atoms with van der Waals surface area (Å²) in [6, 6.07) is 12.9. The van der Waals surface area contributed by atoms with Crippen molar-refractivity contribution in [1.29, 1.82) is 0 Å². The van der Waals surface area contributed by atoms with Crippen LogP contribution in [0.3, 0.4) is 0 Å². The highest BCUT2D eigenvalue weighted by Gasteiger charge is 2.25. The normalized spacial score (nSPS) is 12.2. The molecule has 0 spiro atoms. The molecular formula is C26H36ClN3O2. The number of hydrogen-bond acceptors (Lipinski definition) is 3. The number of carbonyl (C=O) groups is 2. The van der Waals surface area contributed by atoms with Crippen molar-refractivity contribution in [2.45, 2.75) is 60.0 Å². The fourth-order valence-corrected chi connectivity index (χ4v) is 3.74. The monoisotopic (exact) mass is 457 g/mol. The number of rotatable bonds is 8. The van der Waals surface area contributed by atoms with E-state index < -0.39 is 0 Å². The van der Waals surface area contributed by atoms with Gasteiger partial charge in [-0.3, -0.25) is 9.59 Å². The van der Waals surface area contributed by atoms with Crippen molar-refractivity contribution in [3.63, 3.8) is 0 Å². The number of amides is 2. The maximum absolute atomic E-state index is 13.2. The first kappa shape index (κ1) is 25.7. The quantitative estimate of drug-likeness (QED) is 0.511. The van der Waals surface area contributed by atoms with Gasteiger partial charge in [-0.05, 0) is 54.7 Å². The highest BCUT2D eigenvalue weighted by atomic mass is 35.5. The highest BCUT2D eigenvalue weighted by Crippen LogP contribution is 2.28. The van der Waals surface area contributed by atoms with Crippen LogP contribution < -0.4 is 10.2 Å². The van der Waals surface area contributed by atoms with Crippen LogP contribution >= 0.6 is 11.6 Å². The van der Waals surface area contributed by atoms with E-state index in [9.17, 15) is 9.59 Å². The van der Waals surface area contributed by atoms with Crippen LogP contribution in [0.2, 0.25) is 5.02 Å². The molecule has 2 aromatic rings. The Hall–Kier alpha value is -2.53. The second-order valence-electron chi connectivity index (χ2n) is 9.69. The number of anilines is 2.